The second-order valence-corrected chi connectivity index (χ2v) is 10.7. The van der Waals surface area contributed by atoms with Crippen molar-refractivity contribution in [2.24, 2.45) is 0 Å². The number of ether oxygens (including phenoxy) is 1. The summed E-state index contributed by atoms with van der Waals surface area (Å²) in [5.74, 6) is -0.289. The van der Waals surface area contributed by atoms with Crippen LogP contribution >= 0.6 is 23.2 Å². The minimum absolute atomic E-state index is 0.0496. The van der Waals surface area contributed by atoms with Crippen molar-refractivity contribution >= 4 is 50.7 Å². The molecule has 0 aliphatic carbocycles. The number of anilines is 1. The summed E-state index contributed by atoms with van der Waals surface area (Å²) < 4.78 is 31.4. The lowest BCUT2D eigenvalue weighted by Gasteiger charge is -2.33. The number of benzene rings is 2. The van der Waals surface area contributed by atoms with Gasteiger partial charge in [-0.25, -0.2) is 8.42 Å². The SMILES string of the molecule is CCCNC(=O)[C@@H](CC)N(Cc1ccc(Cl)c(Cl)c1)C(=O)CN(c1ccc(OC)cc1)S(C)(=O)=O. The summed E-state index contributed by atoms with van der Waals surface area (Å²) in [6.45, 7) is 3.76. The van der Waals surface area contributed by atoms with Crippen molar-refractivity contribution in [2.45, 2.75) is 39.3 Å². The monoisotopic (exact) mass is 543 g/mol. The summed E-state index contributed by atoms with van der Waals surface area (Å²) in [7, 11) is -2.31. The van der Waals surface area contributed by atoms with E-state index in [4.69, 9.17) is 27.9 Å². The summed E-state index contributed by atoms with van der Waals surface area (Å²) in [5, 5.41) is 3.51. The quantitative estimate of drug-likeness (QED) is 0.434. The van der Waals surface area contributed by atoms with Gasteiger partial charge >= 0.3 is 0 Å². The highest BCUT2D eigenvalue weighted by molar-refractivity contribution is 7.92. The average molecular weight is 545 g/mol. The molecule has 0 radical (unpaired) electrons. The van der Waals surface area contributed by atoms with Crippen LogP contribution in [0, 0.1) is 0 Å². The molecule has 1 atom stereocenters. The van der Waals surface area contributed by atoms with Crippen molar-refractivity contribution in [3.63, 3.8) is 0 Å². The molecular formula is C24H31Cl2N3O5S. The number of sulfonamides is 1. The zero-order valence-corrected chi connectivity index (χ0v) is 22.6. The number of nitrogens with zero attached hydrogens (tertiary/aromatic N) is 2. The smallest absolute Gasteiger partial charge is 0.244 e. The van der Waals surface area contributed by atoms with Crippen LogP contribution in [-0.2, 0) is 26.2 Å². The molecule has 0 spiro atoms. The number of hydrogen-bond acceptors (Lipinski definition) is 5. The second-order valence-electron chi connectivity index (χ2n) is 7.95. The van der Waals surface area contributed by atoms with Gasteiger partial charge in [0.25, 0.3) is 0 Å². The molecule has 192 valence electrons. The van der Waals surface area contributed by atoms with Gasteiger partial charge in [0.15, 0.2) is 0 Å². The Labute approximate surface area is 217 Å². The first-order valence-electron chi connectivity index (χ1n) is 11.1. The van der Waals surface area contributed by atoms with Crippen molar-refractivity contribution in [2.75, 3.05) is 30.8 Å². The molecule has 0 aliphatic rings. The van der Waals surface area contributed by atoms with Crippen LogP contribution in [-0.4, -0.2) is 57.6 Å². The van der Waals surface area contributed by atoms with E-state index in [0.29, 0.717) is 40.0 Å². The number of methoxy groups -OCH3 is 1. The molecule has 0 saturated carbocycles. The standard InChI is InChI=1S/C24H31Cl2N3O5S/c1-5-13-27-24(31)22(6-2)28(15-17-7-12-20(25)21(26)14-17)23(30)16-29(35(4,32)33)18-8-10-19(34-3)11-9-18/h7-12,14,22H,5-6,13,15-16H2,1-4H3,(H,27,31)/t22-/m1/s1. The van der Waals surface area contributed by atoms with Gasteiger partial charge in [-0.2, -0.15) is 0 Å². The maximum Gasteiger partial charge on any atom is 0.244 e. The molecule has 2 aromatic carbocycles. The fourth-order valence-corrected chi connectivity index (χ4v) is 4.65. The van der Waals surface area contributed by atoms with Gasteiger partial charge in [-0.05, 0) is 54.8 Å². The van der Waals surface area contributed by atoms with Crippen LogP contribution in [0.25, 0.3) is 0 Å². The van der Waals surface area contributed by atoms with Crippen molar-refractivity contribution in [3.8, 4) is 5.75 Å². The molecule has 0 aliphatic heterocycles. The normalized spacial score (nSPS) is 12.1. The van der Waals surface area contributed by atoms with Crippen LogP contribution in [0.15, 0.2) is 42.5 Å². The highest BCUT2D eigenvalue weighted by atomic mass is 35.5. The Balaban J connectivity index is 2.43. The van der Waals surface area contributed by atoms with Crippen molar-refractivity contribution < 1.29 is 22.7 Å². The van der Waals surface area contributed by atoms with E-state index in [9.17, 15) is 18.0 Å². The minimum atomic E-state index is -3.81. The van der Waals surface area contributed by atoms with Crippen LogP contribution in [0.4, 0.5) is 5.69 Å². The molecule has 35 heavy (non-hydrogen) atoms. The van der Waals surface area contributed by atoms with Gasteiger partial charge < -0.3 is 15.0 Å². The Morgan fingerprint density at radius 2 is 1.71 bits per heavy atom. The van der Waals surface area contributed by atoms with Gasteiger partial charge in [0.2, 0.25) is 21.8 Å². The van der Waals surface area contributed by atoms with Gasteiger partial charge in [0.1, 0.15) is 18.3 Å². The Morgan fingerprint density at radius 3 is 2.23 bits per heavy atom. The molecule has 11 heteroatoms. The number of amides is 2. The zero-order valence-electron chi connectivity index (χ0n) is 20.3. The van der Waals surface area contributed by atoms with Crippen LogP contribution in [0.1, 0.15) is 32.3 Å². The number of nitrogens with one attached hydrogen (secondary N) is 1. The van der Waals surface area contributed by atoms with Gasteiger partial charge in [-0.3, -0.25) is 13.9 Å². The summed E-state index contributed by atoms with van der Waals surface area (Å²) in [6, 6.07) is 10.5. The van der Waals surface area contributed by atoms with E-state index < -0.39 is 28.5 Å². The van der Waals surface area contributed by atoms with Crippen LogP contribution < -0.4 is 14.4 Å². The molecule has 1 N–H and O–H groups in total. The zero-order chi connectivity index (χ0) is 26.2. The van der Waals surface area contributed by atoms with Gasteiger partial charge in [0, 0.05) is 13.1 Å². The maximum absolute atomic E-state index is 13.6. The summed E-state index contributed by atoms with van der Waals surface area (Å²) in [5.41, 5.74) is 0.962. The van der Waals surface area contributed by atoms with Crippen molar-refractivity contribution in [1.82, 2.24) is 10.2 Å². The lowest BCUT2D eigenvalue weighted by Crippen LogP contribution is -2.52. The molecule has 2 aromatic rings. The molecule has 0 unspecified atom stereocenters. The summed E-state index contributed by atoms with van der Waals surface area (Å²) in [4.78, 5) is 27.9. The van der Waals surface area contributed by atoms with E-state index in [2.05, 4.69) is 5.32 Å². The Bertz CT molecular complexity index is 1130. The molecule has 0 saturated heterocycles. The lowest BCUT2D eigenvalue weighted by molar-refractivity contribution is -0.140. The first-order chi connectivity index (χ1) is 16.5. The van der Waals surface area contributed by atoms with Crippen LogP contribution in [0.2, 0.25) is 10.0 Å². The number of carbonyl (C=O) groups is 2. The van der Waals surface area contributed by atoms with E-state index in [1.807, 2.05) is 6.92 Å². The van der Waals surface area contributed by atoms with Gasteiger partial charge in [-0.1, -0.05) is 43.1 Å². The highest BCUT2D eigenvalue weighted by Gasteiger charge is 2.31. The third-order valence-corrected chi connectivity index (χ3v) is 7.19. The molecule has 2 rings (SSSR count). The van der Waals surface area contributed by atoms with E-state index in [-0.39, 0.29) is 12.5 Å². The van der Waals surface area contributed by atoms with E-state index in [1.54, 1.807) is 49.4 Å². The molecule has 0 aromatic heterocycles. The minimum Gasteiger partial charge on any atom is -0.497 e. The van der Waals surface area contributed by atoms with E-state index in [1.165, 1.54) is 12.0 Å². The maximum atomic E-state index is 13.6. The van der Waals surface area contributed by atoms with Gasteiger partial charge in [0.05, 0.1) is 29.1 Å². The first kappa shape index (κ1) is 28.7. The van der Waals surface area contributed by atoms with Crippen molar-refractivity contribution in [1.29, 1.82) is 0 Å². The third kappa shape index (κ3) is 8.02. The largest absolute Gasteiger partial charge is 0.497 e. The first-order valence-corrected chi connectivity index (χ1v) is 13.7. The van der Waals surface area contributed by atoms with Crippen molar-refractivity contribution in [3.05, 3.63) is 58.1 Å². The Hall–Kier alpha value is -2.49. The predicted molar refractivity (Wildman–Crippen MR) is 140 cm³/mol. The Kier molecular flexibility index (Phi) is 10.7. The fourth-order valence-electron chi connectivity index (χ4n) is 3.48. The number of rotatable bonds is 12. The second kappa shape index (κ2) is 13.0. The molecule has 8 nitrogen and oxygen atoms in total. The van der Waals surface area contributed by atoms with E-state index in [0.717, 1.165) is 17.0 Å². The average Bonchev–Trinajstić information content (AvgIpc) is 2.82. The summed E-state index contributed by atoms with van der Waals surface area (Å²) >= 11 is 12.2. The molecule has 0 bridgehead atoms. The fraction of sp³-hybridized carbons (Fsp3) is 0.417. The molecule has 2 amide bonds. The highest BCUT2D eigenvalue weighted by Crippen LogP contribution is 2.25. The predicted octanol–water partition coefficient (Wildman–Crippen LogP) is 4.10. The van der Waals surface area contributed by atoms with Gasteiger partial charge in [-0.15, -0.1) is 0 Å². The topological polar surface area (TPSA) is 96.0 Å². The van der Waals surface area contributed by atoms with E-state index >= 15 is 0 Å². The van der Waals surface area contributed by atoms with Crippen LogP contribution in [0.5, 0.6) is 5.75 Å². The summed E-state index contributed by atoms with van der Waals surface area (Å²) in [6.07, 6.45) is 2.10. The number of carbonyl (C=O) groups excluding carboxylic acids is 2. The molecular weight excluding hydrogens is 513 g/mol. The molecule has 0 fully saturated rings. The number of halogens is 2. The number of hydrogen-bond donors (Lipinski definition) is 1. The lowest BCUT2D eigenvalue weighted by atomic mass is 10.1. The van der Waals surface area contributed by atoms with Crippen LogP contribution in [0.3, 0.4) is 0 Å². The molecule has 0 heterocycles. The Morgan fingerprint density at radius 1 is 1.06 bits per heavy atom. The third-order valence-electron chi connectivity index (χ3n) is 5.31.